The zero-order chi connectivity index (χ0) is 13.3. The Hall–Kier alpha value is -1.76. The van der Waals surface area contributed by atoms with Crippen molar-refractivity contribution in [1.29, 1.82) is 0 Å². The van der Waals surface area contributed by atoms with E-state index >= 15 is 0 Å². The van der Waals surface area contributed by atoms with Gasteiger partial charge in [-0.25, -0.2) is 0 Å². The van der Waals surface area contributed by atoms with E-state index in [4.69, 9.17) is 0 Å². The fourth-order valence-corrected chi connectivity index (χ4v) is 2.06. The molecule has 0 unspecified atom stereocenters. The van der Waals surface area contributed by atoms with Crippen molar-refractivity contribution in [3.63, 3.8) is 0 Å². The van der Waals surface area contributed by atoms with Crippen LogP contribution < -0.4 is 5.32 Å². The van der Waals surface area contributed by atoms with Crippen molar-refractivity contribution in [2.45, 2.75) is 6.18 Å². The maximum Gasteiger partial charge on any atom is 0.416 e. The second-order valence-corrected chi connectivity index (χ2v) is 4.49. The lowest BCUT2D eigenvalue weighted by molar-refractivity contribution is -0.137. The Balaban J connectivity index is 2.33. The minimum Gasteiger partial charge on any atom is -0.282 e. The first-order chi connectivity index (χ1) is 8.36. The highest BCUT2D eigenvalue weighted by Crippen LogP contribution is 2.31. The molecule has 2 amide bonds. The van der Waals surface area contributed by atoms with E-state index in [0.29, 0.717) is 11.8 Å². The molecule has 94 valence electrons. The number of halogens is 3. The molecule has 1 saturated heterocycles. The number of carbonyl (C=O) groups excluding carboxylic acids is 2. The van der Waals surface area contributed by atoms with Crippen LogP contribution in [0, 0.1) is 0 Å². The molecule has 1 aromatic carbocycles. The van der Waals surface area contributed by atoms with E-state index in [0.717, 1.165) is 12.1 Å². The Morgan fingerprint density at radius 1 is 1.22 bits per heavy atom. The number of hydrogen-bond donors (Lipinski definition) is 1. The zero-order valence-corrected chi connectivity index (χ0v) is 9.56. The first-order valence-electron chi connectivity index (χ1n) is 4.78. The maximum absolute atomic E-state index is 12.5. The summed E-state index contributed by atoms with van der Waals surface area (Å²) in [7, 11) is 0. The van der Waals surface area contributed by atoms with Gasteiger partial charge in [-0.3, -0.25) is 14.9 Å². The van der Waals surface area contributed by atoms with Gasteiger partial charge in [0, 0.05) is 0 Å². The number of rotatable bonds is 1. The molecule has 0 aromatic heterocycles. The van der Waals surface area contributed by atoms with Crippen LogP contribution in [0.4, 0.5) is 18.0 Å². The summed E-state index contributed by atoms with van der Waals surface area (Å²) < 4.78 is 37.4. The van der Waals surface area contributed by atoms with Crippen LogP contribution in [0.15, 0.2) is 29.2 Å². The monoisotopic (exact) mass is 273 g/mol. The van der Waals surface area contributed by atoms with Gasteiger partial charge in [-0.15, -0.1) is 0 Å². The van der Waals surface area contributed by atoms with Crippen LogP contribution in [0.3, 0.4) is 0 Å². The van der Waals surface area contributed by atoms with Crippen molar-refractivity contribution >= 4 is 29.0 Å². The summed E-state index contributed by atoms with van der Waals surface area (Å²) in [6.07, 6.45) is -3.18. The molecule has 0 spiro atoms. The lowest BCUT2D eigenvalue weighted by Gasteiger charge is -2.06. The molecule has 0 bridgehead atoms. The third-order valence-corrected chi connectivity index (χ3v) is 2.96. The van der Waals surface area contributed by atoms with Crippen molar-refractivity contribution in [1.82, 2.24) is 5.32 Å². The molecule has 1 aliphatic heterocycles. The van der Waals surface area contributed by atoms with Crippen molar-refractivity contribution in [2.75, 3.05) is 0 Å². The average molecular weight is 273 g/mol. The molecular weight excluding hydrogens is 267 g/mol. The van der Waals surface area contributed by atoms with Crippen molar-refractivity contribution in [2.24, 2.45) is 0 Å². The zero-order valence-electron chi connectivity index (χ0n) is 8.75. The molecule has 1 fully saturated rings. The molecule has 7 heteroatoms. The van der Waals surface area contributed by atoms with Crippen molar-refractivity contribution < 1.29 is 22.8 Å². The fourth-order valence-electron chi connectivity index (χ4n) is 1.38. The number of thioether (sulfide) groups is 1. The van der Waals surface area contributed by atoms with E-state index in [1.54, 1.807) is 0 Å². The second-order valence-electron chi connectivity index (χ2n) is 3.48. The van der Waals surface area contributed by atoms with Crippen LogP contribution in [0.5, 0.6) is 0 Å². The second kappa shape index (κ2) is 4.49. The van der Waals surface area contributed by atoms with Gasteiger partial charge in [0.15, 0.2) is 0 Å². The highest BCUT2D eigenvalue weighted by molar-refractivity contribution is 8.18. The lowest BCUT2D eigenvalue weighted by atomic mass is 10.1. The molecule has 2 rings (SSSR count). The number of amides is 2. The van der Waals surface area contributed by atoms with Crippen LogP contribution in [0.25, 0.3) is 6.08 Å². The highest BCUT2D eigenvalue weighted by atomic mass is 32.2. The summed E-state index contributed by atoms with van der Waals surface area (Å²) in [5, 5.41) is 1.50. The third-order valence-electron chi connectivity index (χ3n) is 2.15. The standard InChI is InChI=1S/C11H6F3NO2S/c12-11(13,14)7-3-1-2-6(4-7)5-8-9(16)15-10(17)18-8/h1-5H,(H,15,16,17)/b8-5+. The molecule has 18 heavy (non-hydrogen) atoms. The molecular formula is C11H6F3NO2S. The number of hydrogen-bond acceptors (Lipinski definition) is 3. The number of imide groups is 1. The van der Waals surface area contributed by atoms with Gasteiger partial charge in [-0.2, -0.15) is 13.2 Å². The molecule has 0 aliphatic carbocycles. The Morgan fingerprint density at radius 3 is 2.50 bits per heavy atom. The molecule has 0 saturated carbocycles. The predicted octanol–water partition coefficient (Wildman–Crippen LogP) is 3.03. The summed E-state index contributed by atoms with van der Waals surface area (Å²) in [5.74, 6) is -0.595. The molecule has 1 N–H and O–H groups in total. The van der Waals surface area contributed by atoms with E-state index in [2.05, 4.69) is 0 Å². The van der Waals surface area contributed by atoms with Gasteiger partial charge in [0.25, 0.3) is 11.1 Å². The SMILES string of the molecule is O=C1NC(=O)/C(=C\c2cccc(C(F)(F)F)c2)S1. The first-order valence-corrected chi connectivity index (χ1v) is 5.60. The number of carbonyl (C=O) groups is 2. The average Bonchev–Trinajstić information content (AvgIpc) is 2.56. The molecule has 0 radical (unpaired) electrons. The number of benzene rings is 1. The van der Waals surface area contributed by atoms with E-state index in [9.17, 15) is 22.8 Å². The van der Waals surface area contributed by atoms with Gasteiger partial charge in [0.05, 0.1) is 10.5 Å². The predicted molar refractivity (Wildman–Crippen MR) is 60.6 cm³/mol. The van der Waals surface area contributed by atoms with Crippen LogP contribution >= 0.6 is 11.8 Å². The Bertz CT molecular complexity index is 551. The van der Waals surface area contributed by atoms with Crippen LogP contribution in [0.1, 0.15) is 11.1 Å². The van der Waals surface area contributed by atoms with Crippen molar-refractivity contribution in [3.8, 4) is 0 Å². The fraction of sp³-hybridized carbons (Fsp3) is 0.0909. The molecule has 1 heterocycles. The molecule has 3 nitrogen and oxygen atoms in total. The Labute approximate surface area is 104 Å². The summed E-state index contributed by atoms with van der Waals surface area (Å²) in [6, 6.07) is 4.53. The largest absolute Gasteiger partial charge is 0.416 e. The first kappa shape index (κ1) is 12.7. The number of nitrogens with one attached hydrogen (secondary N) is 1. The van der Waals surface area contributed by atoms with Gasteiger partial charge in [0.2, 0.25) is 0 Å². The van der Waals surface area contributed by atoms with Crippen molar-refractivity contribution in [3.05, 3.63) is 40.3 Å². The van der Waals surface area contributed by atoms with Gasteiger partial charge in [0.1, 0.15) is 0 Å². The van der Waals surface area contributed by atoms with E-state index in [1.807, 2.05) is 5.32 Å². The van der Waals surface area contributed by atoms with E-state index in [1.165, 1.54) is 18.2 Å². The minimum atomic E-state index is -4.44. The topological polar surface area (TPSA) is 46.2 Å². The highest BCUT2D eigenvalue weighted by Gasteiger charge is 2.30. The molecule has 1 aromatic rings. The third kappa shape index (κ3) is 2.73. The molecule has 0 atom stereocenters. The number of alkyl halides is 3. The quantitative estimate of drug-likeness (QED) is 0.800. The summed E-state index contributed by atoms with van der Waals surface area (Å²) >= 11 is 0.662. The maximum atomic E-state index is 12.5. The van der Waals surface area contributed by atoms with Crippen LogP contribution in [-0.2, 0) is 11.0 Å². The molecule has 1 aliphatic rings. The lowest BCUT2D eigenvalue weighted by Crippen LogP contribution is -2.17. The van der Waals surface area contributed by atoms with E-state index < -0.39 is 22.9 Å². The van der Waals surface area contributed by atoms with E-state index in [-0.39, 0.29) is 10.5 Å². The smallest absolute Gasteiger partial charge is 0.282 e. The van der Waals surface area contributed by atoms with Crippen LogP contribution in [0.2, 0.25) is 0 Å². The van der Waals surface area contributed by atoms with Gasteiger partial charge in [-0.1, -0.05) is 12.1 Å². The Kier molecular flexibility index (Phi) is 3.16. The summed E-state index contributed by atoms with van der Waals surface area (Å²) in [4.78, 5) is 22.2. The normalized spacial score (nSPS) is 18.3. The van der Waals surface area contributed by atoms with Gasteiger partial charge in [-0.05, 0) is 35.5 Å². The minimum absolute atomic E-state index is 0.0827. The Morgan fingerprint density at radius 2 is 1.94 bits per heavy atom. The summed E-state index contributed by atoms with van der Waals surface area (Å²) in [6.45, 7) is 0. The summed E-state index contributed by atoms with van der Waals surface area (Å²) in [5.41, 5.74) is -0.580. The van der Waals surface area contributed by atoms with Gasteiger partial charge < -0.3 is 0 Å². The van der Waals surface area contributed by atoms with Gasteiger partial charge >= 0.3 is 6.18 Å². The van der Waals surface area contributed by atoms with Crippen LogP contribution in [-0.4, -0.2) is 11.1 Å².